The number of β-lactam (4-membered cyclic amide) rings is 1. The van der Waals surface area contributed by atoms with Gasteiger partial charge in [0.2, 0.25) is 11.8 Å². The number of rotatable bonds is 7. The molecule has 2 saturated heterocycles. The summed E-state index contributed by atoms with van der Waals surface area (Å²) in [7, 11) is 3.44. The minimum atomic E-state index is -1.15. The number of benzene rings is 1. The first-order valence-corrected chi connectivity index (χ1v) is 13.1. The normalized spacial score (nSPS) is 29.3. The lowest BCUT2D eigenvalue weighted by atomic mass is 9.79. The van der Waals surface area contributed by atoms with E-state index in [1.54, 1.807) is 38.1 Å². The van der Waals surface area contributed by atoms with Crippen molar-refractivity contribution < 1.29 is 24.6 Å². The van der Waals surface area contributed by atoms with Gasteiger partial charge in [-0.1, -0.05) is 36.2 Å². The number of aliphatic carboxylic acids is 1. The maximum Gasteiger partial charge on any atom is 0.353 e. The summed E-state index contributed by atoms with van der Waals surface area (Å²) >= 11 is 13.7. The van der Waals surface area contributed by atoms with Crippen LogP contribution in [0.15, 0.2) is 28.8 Å². The molecule has 3 aliphatic heterocycles. The number of hydrogen-bond donors (Lipinski definition) is 2. The van der Waals surface area contributed by atoms with E-state index < -0.39 is 18.0 Å². The number of aliphatic hydroxyl groups excluding tert-OH is 1. The predicted molar refractivity (Wildman–Crippen MR) is 135 cm³/mol. The monoisotopic (exact) mass is 541 g/mol. The Morgan fingerprint density at radius 1 is 1.26 bits per heavy atom. The van der Waals surface area contributed by atoms with E-state index in [1.807, 2.05) is 13.0 Å². The number of likely N-dealkylation sites (tertiary alicyclic amines) is 1. The fraction of sp³-hybridized carbons (Fsp3) is 0.542. The molecular formula is C24H29Cl2N3O5S. The minimum Gasteiger partial charge on any atom is -0.477 e. The predicted octanol–water partition coefficient (Wildman–Crippen LogP) is 2.91. The zero-order valence-corrected chi connectivity index (χ0v) is 22.3. The Labute approximate surface area is 218 Å². The number of halogens is 2. The highest BCUT2D eigenvalue weighted by atomic mass is 35.5. The minimum absolute atomic E-state index is 0.00724. The summed E-state index contributed by atoms with van der Waals surface area (Å²) < 4.78 is 0. The van der Waals surface area contributed by atoms with Crippen LogP contribution in [0.25, 0.3) is 0 Å². The van der Waals surface area contributed by atoms with Gasteiger partial charge in [0, 0.05) is 43.3 Å². The van der Waals surface area contributed by atoms with Crippen LogP contribution in [0.1, 0.15) is 25.8 Å². The third-order valence-corrected chi connectivity index (χ3v) is 9.30. The third kappa shape index (κ3) is 4.69. The van der Waals surface area contributed by atoms with Gasteiger partial charge in [-0.25, -0.2) is 4.79 Å². The molecule has 1 aromatic rings. The average molecular weight is 542 g/mol. The van der Waals surface area contributed by atoms with E-state index in [4.69, 9.17) is 23.2 Å². The molecule has 0 saturated carbocycles. The molecule has 11 heteroatoms. The summed E-state index contributed by atoms with van der Waals surface area (Å²) in [5.74, 6) is -2.33. The standard InChI is InChI=1S/C24H29Cl2N3O5S/c1-11-19-18(12(2)30)23(32)29(19)20(24(33)34)21(11)35-14-8-17(22(31)27(3)4)28(10-14)9-13-5-6-15(25)16(26)7-13/h5-7,11-12,14,17-19,30H,8-10H2,1-4H3,(H,33,34)/t11-,12-,14+,17+,18-,19-/m1/s1. The quantitative estimate of drug-likeness (QED) is 0.511. The van der Waals surface area contributed by atoms with Gasteiger partial charge in [-0.05, 0) is 31.0 Å². The molecule has 0 bridgehead atoms. The lowest BCUT2D eigenvalue weighted by Gasteiger charge is -2.46. The molecule has 3 heterocycles. The van der Waals surface area contributed by atoms with Gasteiger partial charge in [0.15, 0.2) is 0 Å². The van der Waals surface area contributed by atoms with Crippen LogP contribution in [0.3, 0.4) is 0 Å². The van der Waals surface area contributed by atoms with Crippen molar-refractivity contribution >= 4 is 52.7 Å². The molecular weight excluding hydrogens is 513 g/mol. The van der Waals surface area contributed by atoms with E-state index in [0.29, 0.717) is 34.5 Å². The Hall–Kier alpha value is -1.78. The van der Waals surface area contributed by atoms with Crippen molar-refractivity contribution in [2.24, 2.45) is 11.8 Å². The van der Waals surface area contributed by atoms with Crippen LogP contribution in [-0.2, 0) is 20.9 Å². The number of nitrogens with zero attached hydrogens (tertiary/aromatic N) is 3. The van der Waals surface area contributed by atoms with Crippen LogP contribution >= 0.6 is 35.0 Å². The summed E-state index contributed by atoms with van der Waals surface area (Å²) in [5.41, 5.74) is 0.934. The van der Waals surface area contributed by atoms with Crippen LogP contribution in [0.5, 0.6) is 0 Å². The summed E-state index contributed by atoms with van der Waals surface area (Å²) in [6.45, 7) is 4.53. The van der Waals surface area contributed by atoms with Crippen molar-refractivity contribution in [2.75, 3.05) is 20.6 Å². The number of carboxylic acids is 1. The molecule has 3 aliphatic rings. The Bertz CT molecular complexity index is 1090. The second-order valence-corrected chi connectivity index (χ2v) is 11.8. The van der Waals surface area contributed by atoms with Crippen LogP contribution in [0.2, 0.25) is 10.0 Å². The van der Waals surface area contributed by atoms with E-state index in [0.717, 1.165) is 5.56 Å². The van der Waals surface area contributed by atoms with Crippen LogP contribution in [0, 0.1) is 11.8 Å². The molecule has 2 N–H and O–H groups in total. The molecule has 0 unspecified atom stereocenters. The van der Waals surface area contributed by atoms with E-state index in [-0.39, 0.29) is 40.8 Å². The van der Waals surface area contributed by atoms with Gasteiger partial charge >= 0.3 is 5.97 Å². The Kier molecular flexibility index (Phi) is 7.46. The molecule has 4 rings (SSSR count). The van der Waals surface area contributed by atoms with Gasteiger partial charge < -0.3 is 20.0 Å². The average Bonchev–Trinajstić information content (AvgIpc) is 3.27. The summed E-state index contributed by atoms with van der Waals surface area (Å²) in [4.78, 5) is 43.4. The van der Waals surface area contributed by atoms with E-state index >= 15 is 0 Å². The van der Waals surface area contributed by atoms with Crippen LogP contribution in [0.4, 0.5) is 0 Å². The largest absolute Gasteiger partial charge is 0.477 e. The first-order valence-electron chi connectivity index (χ1n) is 11.5. The van der Waals surface area contributed by atoms with Gasteiger partial charge in [0.05, 0.1) is 34.2 Å². The molecule has 0 aromatic heterocycles. The fourth-order valence-corrected chi connectivity index (χ4v) is 7.28. The highest BCUT2D eigenvalue weighted by Crippen LogP contribution is 2.52. The highest BCUT2D eigenvalue weighted by Gasteiger charge is 2.60. The van der Waals surface area contributed by atoms with Crippen molar-refractivity contribution in [1.82, 2.24) is 14.7 Å². The van der Waals surface area contributed by atoms with Crippen LogP contribution < -0.4 is 0 Å². The van der Waals surface area contributed by atoms with Crippen LogP contribution in [-0.4, -0.2) is 86.8 Å². The number of aliphatic hydroxyl groups is 1. The van der Waals surface area contributed by atoms with Crippen molar-refractivity contribution in [2.45, 2.75) is 50.3 Å². The van der Waals surface area contributed by atoms with Crippen molar-refractivity contribution in [3.63, 3.8) is 0 Å². The summed E-state index contributed by atoms with van der Waals surface area (Å²) in [5, 5.41) is 20.9. The van der Waals surface area contributed by atoms with Gasteiger partial charge in [-0.15, -0.1) is 11.8 Å². The number of carboxylic acid groups (broad SMARTS) is 1. The lowest BCUT2D eigenvalue weighted by Crippen LogP contribution is -2.63. The fourth-order valence-electron chi connectivity index (χ4n) is 5.41. The zero-order valence-electron chi connectivity index (χ0n) is 19.9. The molecule has 2 fully saturated rings. The molecule has 0 radical (unpaired) electrons. The third-order valence-electron chi connectivity index (χ3n) is 7.07. The summed E-state index contributed by atoms with van der Waals surface area (Å²) in [6, 6.07) is 4.67. The number of hydrogen-bond acceptors (Lipinski definition) is 6. The molecule has 2 amide bonds. The van der Waals surface area contributed by atoms with Gasteiger partial charge in [-0.3, -0.25) is 14.5 Å². The number of thioether (sulfide) groups is 1. The van der Waals surface area contributed by atoms with Gasteiger partial charge in [-0.2, -0.15) is 0 Å². The first-order chi connectivity index (χ1) is 16.4. The number of likely N-dealkylation sites (N-methyl/N-ethyl adjacent to an activating group) is 1. The van der Waals surface area contributed by atoms with Crippen molar-refractivity contribution in [3.05, 3.63) is 44.4 Å². The number of carbonyl (C=O) groups is 3. The lowest BCUT2D eigenvalue weighted by molar-refractivity contribution is -0.163. The molecule has 0 aliphatic carbocycles. The Morgan fingerprint density at radius 2 is 1.94 bits per heavy atom. The Morgan fingerprint density at radius 3 is 2.51 bits per heavy atom. The van der Waals surface area contributed by atoms with E-state index in [1.165, 1.54) is 16.7 Å². The van der Waals surface area contributed by atoms with Gasteiger partial charge in [0.1, 0.15) is 5.70 Å². The van der Waals surface area contributed by atoms with Gasteiger partial charge in [0.25, 0.3) is 0 Å². The summed E-state index contributed by atoms with van der Waals surface area (Å²) in [6.07, 6.45) is -0.300. The smallest absolute Gasteiger partial charge is 0.353 e. The first kappa shape index (κ1) is 26.3. The maximum atomic E-state index is 13.0. The van der Waals surface area contributed by atoms with Crippen molar-refractivity contribution in [1.29, 1.82) is 0 Å². The van der Waals surface area contributed by atoms with Crippen molar-refractivity contribution in [3.8, 4) is 0 Å². The Balaban J connectivity index is 1.58. The number of carbonyl (C=O) groups excluding carboxylic acids is 2. The molecule has 0 spiro atoms. The van der Waals surface area contributed by atoms with E-state index in [9.17, 15) is 24.6 Å². The molecule has 190 valence electrons. The number of amides is 2. The molecule has 8 nitrogen and oxygen atoms in total. The topological polar surface area (TPSA) is 101 Å². The second kappa shape index (κ2) is 9.94. The number of fused-ring (bicyclic) bond motifs is 1. The molecule has 35 heavy (non-hydrogen) atoms. The molecule has 6 atom stereocenters. The maximum absolute atomic E-state index is 13.0. The zero-order chi connectivity index (χ0) is 25.8. The van der Waals surface area contributed by atoms with E-state index in [2.05, 4.69) is 4.90 Å². The second-order valence-electron chi connectivity index (χ2n) is 9.67. The SMILES string of the molecule is C[C@@H](O)[C@H]1C(=O)N2C(C(=O)O)=C(S[C@H]3C[C@@H](C(=O)N(C)C)N(Cc4ccc(Cl)c(Cl)c4)C3)[C@H](C)[C@H]12. The highest BCUT2D eigenvalue weighted by molar-refractivity contribution is 8.03. The molecule has 1 aromatic carbocycles.